The van der Waals surface area contributed by atoms with Crippen molar-refractivity contribution < 1.29 is 0 Å². The molecule has 2 heterocycles. The molecule has 0 unspecified atom stereocenters. The smallest absolute Gasteiger partial charge is 0.177 e. The minimum Gasteiger partial charge on any atom is -0.384 e. The molecule has 5 heteroatoms. The van der Waals surface area contributed by atoms with E-state index in [1.54, 1.807) is 10.7 Å². The highest BCUT2D eigenvalue weighted by molar-refractivity contribution is 5.46. The van der Waals surface area contributed by atoms with Crippen LogP contribution in [0.5, 0.6) is 0 Å². The van der Waals surface area contributed by atoms with Crippen LogP contribution >= 0.6 is 0 Å². The molecule has 0 aliphatic carbocycles. The van der Waals surface area contributed by atoms with Gasteiger partial charge in [0, 0.05) is 6.07 Å². The van der Waals surface area contributed by atoms with Gasteiger partial charge in [-0.15, -0.1) is 5.10 Å². The van der Waals surface area contributed by atoms with E-state index in [2.05, 4.69) is 15.2 Å². The average molecular weight is 137 g/mol. The number of anilines is 1. The van der Waals surface area contributed by atoms with Gasteiger partial charge in [-0.2, -0.15) is 4.63 Å². The Bertz CT molecular complexity index is 294. The SMILES string of the molecule is Cc1nc2cc(N)[nH]n2n1. The van der Waals surface area contributed by atoms with Crippen molar-refractivity contribution >= 4 is 11.5 Å². The number of hydrogen-bond acceptors (Lipinski definition) is 3. The van der Waals surface area contributed by atoms with Crippen molar-refractivity contribution in [2.75, 3.05) is 5.73 Å². The molecule has 0 saturated carbocycles. The van der Waals surface area contributed by atoms with E-state index >= 15 is 0 Å². The van der Waals surface area contributed by atoms with E-state index in [0.29, 0.717) is 5.82 Å². The molecule has 0 fully saturated rings. The second-order valence-electron chi connectivity index (χ2n) is 2.14. The number of nitrogens with two attached hydrogens (primary N) is 1. The lowest BCUT2D eigenvalue weighted by atomic mass is 10.6. The summed E-state index contributed by atoms with van der Waals surface area (Å²) in [6.45, 7) is 1.83. The zero-order valence-corrected chi connectivity index (χ0v) is 5.50. The highest BCUT2D eigenvalue weighted by Gasteiger charge is 1.99. The number of aryl methyl sites for hydroxylation is 1. The first-order valence-corrected chi connectivity index (χ1v) is 2.93. The van der Waals surface area contributed by atoms with Crippen LogP contribution in [0.2, 0.25) is 0 Å². The topological polar surface area (TPSA) is 72.0 Å². The summed E-state index contributed by atoms with van der Waals surface area (Å²) >= 11 is 0. The highest BCUT2D eigenvalue weighted by atomic mass is 15.5. The van der Waals surface area contributed by atoms with Crippen LogP contribution in [-0.4, -0.2) is 19.8 Å². The quantitative estimate of drug-likeness (QED) is 0.534. The second kappa shape index (κ2) is 1.50. The molecule has 0 aliphatic heterocycles. The van der Waals surface area contributed by atoms with E-state index in [0.717, 1.165) is 11.5 Å². The van der Waals surface area contributed by atoms with Gasteiger partial charge in [-0.3, -0.25) is 5.10 Å². The van der Waals surface area contributed by atoms with Crippen LogP contribution in [0.25, 0.3) is 5.65 Å². The Labute approximate surface area is 56.8 Å². The molecule has 3 N–H and O–H groups in total. The molecule has 0 saturated heterocycles. The largest absolute Gasteiger partial charge is 0.384 e. The number of H-pyrrole nitrogens is 1. The summed E-state index contributed by atoms with van der Waals surface area (Å²) in [5.74, 6) is 1.32. The van der Waals surface area contributed by atoms with E-state index in [1.165, 1.54) is 0 Å². The van der Waals surface area contributed by atoms with Gasteiger partial charge in [0.25, 0.3) is 0 Å². The molecule has 2 aromatic rings. The van der Waals surface area contributed by atoms with Gasteiger partial charge in [-0.1, -0.05) is 0 Å². The van der Waals surface area contributed by atoms with Crippen LogP contribution in [0.3, 0.4) is 0 Å². The molecular formula is C5H7N5. The van der Waals surface area contributed by atoms with Crippen LogP contribution in [-0.2, 0) is 0 Å². The van der Waals surface area contributed by atoms with E-state index < -0.39 is 0 Å². The Morgan fingerprint density at radius 1 is 1.70 bits per heavy atom. The fourth-order valence-electron chi connectivity index (χ4n) is 0.901. The van der Waals surface area contributed by atoms with Gasteiger partial charge in [-0.25, -0.2) is 4.98 Å². The summed E-state index contributed by atoms with van der Waals surface area (Å²) in [6.07, 6.45) is 0. The van der Waals surface area contributed by atoms with Crippen molar-refractivity contribution in [3.8, 4) is 0 Å². The fraction of sp³-hybridized carbons (Fsp3) is 0.200. The number of rotatable bonds is 0. The Kier molecular flexibility index (Phi) is 0.791. The number of aromatic amines is 1. The summed E-state index contributed by atoms with van der Waals surface area (Å²) in [4.78, 5) is 4.07. The molecule has 0 radical (unpaired) electrons. The van der Waals surface area contributed by atoms with Gasteiger partial charge in [0.2, 0.25) is 0 Å². The van der Waals surface area contributed by atoms with Gasteiger partial charge >= 0.3 is 0 Å². The standard InChI is InChI=1S/C5H7N5/c1-3-7-5-2-4(6)9-10(5)8-3/h2,9H,6H2,1H3. The van der Waals surface area contributed by atoms with Crippen molar-refractivity contribution in [2.45, 2.75) is 6.92 Å². The fourth-order valence-corrected chi connectivity index (χ4v) is 0.901. The lowest BCUT2D eigenvalue weighted by molar-refractivity contribution is 0.811. The van der Waals surface area contributed by atoms with Gasteiger partial charge < -0.3 is 5.73 Å². The first-order valence-electron chi connectivity index (χ1n) is 2.93. The van der Waals surface area contributed by atoms with E-state index in [1.807, 2.05) is 6.92 Å². The maximum Gasteiger partial charge on any atom is 0.177 e. The lowest BCUT2D eigenvalue weighted by Gasteiger charge is -1.79. The summed E-state index contributed by atoms with van der Waals surface area (Å²) in [6, 6.07) is 1.74. The zero-order valence-electron chi connectivity index (χ0n) is 5.50. The minimum atomic E-state index is 0.579. The maximum atomic E-state index is 5.43. The summed E-state index contributed by atoms with van der Waals surface area (Å²) < 4.78 is 1.55. The van der Waals surface area contributed by atoms with Gasteiger partial charge in [-0.05, 0) is 6.92 Å². The normalized spacial score (nSPS) is 10.9. The monoisotopic (exact) mass is 137 g/mol. The van der Waals surface area contributed by atoms with E-state index in [-0.39, 0.29) is 0 Å². The highest BCUT2D eigenvalue weighted by Crippen LogP contribution is 2.03. The van der Waals surface area contributed by atoms with Crippen LogP contribution in [0.4, 0.5) is 5.82 Å². The Morgan fingerprint density at radius 2 is 2.50 bits per heavy atom. The van der Waals surface area contributed by atoms with E-state index in [9.17, 15) is 0 Å². The van der Waals surface area contributed by atoms with Crippen LogP contribution in [0.15, 0.2) is 6.07 Å². The molecule has 0 aromatic carbocycles. The van der Waals surface area contributed by atoms with Crippen LogP contribution in [0.1, 0.15) is 5.82 Å². The lowest BCUT2D eigenvalue weighted by Crippen LogP contribution is -1.89. The van der Waals surface area contributed by atoms with E-state index in [4.69, 9.17) is 5.73 Å². The molecule has 5 nitrogen and oxygen atoms in total. The molecular weight excluding hydrogens is 130 g/mol. The van der Waals surface area contributed by atoms with Gasteiger partial charge in [0.15, 0.2) is 5.65 Å². The third-order valence-electron chi connectivity index (χ3n) is 1.26. The molecule has 0 spiro atoms. The number of fused-ring (bicyclic) bond motifs is 1. The Hall–Kier alpha value is -1.52. The molecule has 52 valence electrons. The summed E-state index contributed by atoms with van der Waals surface area (Å²) in [7, 11) is 0. The molecule has 0 aliphatic rings. The van der Waals surface area contributed by atoms with Crippen molar-refractivity contribution in [3.05, 3.63) is 11.9 Å². The number of nitrogens with one attached hydrogen (secondary N) is 1. The minimum absolute atomic E-state index is 0.579. The molecule has 0 amide bonds. The predicted molar refractivity (Wildman–Crippen MR) is 36.5 cm³/mol. The Morgan fingerprint density at radius 3 is 3.20 bits per heavy atom. The molecule has 0 atom stereocenters. The predicted octanol–water partition coefficient (Wildman–Crippen LogP) is -0.0520. The number of nitrogen functional groups attached to an aromatic ring is 1. The van der Waals surface area contributed by atoms with Gasteiger partial charge in [0.1, 0.15) is 11.6 Å². The number of aromatic nitrogens is 4. The first-order chi connectivity index (χ1) is 4.75. The zero-order chi connectivity index (χ0) is 7.14. The first kappa shape index (κ1) is 5.28. The molecule has 2 aromatic heterocycles. The van der Waals surface area contributed by atoms with Gasteiger partial charge in [0.05, 0.1) is 0 Å². The molecule has 2 rings (SSSR count). The summed E-state index contributed by atoms with van der Waals surface area (Å²) in [5, 5.41) is 6.80. The summed E-state index contributed by atoms with van der Waals surface area (Å²) in [5.41, 5.74) is 6.19. The molecule has 10 heavy (non-hydrogen) atoms. The Balaban J connectivity index is 2.83. The number of hydrogen-bond donors (Lipinski definition) is 2. The van der Waals surface area contributed by atoms with Crippen molar-refractivity contribution in [1.29, 1.82) is 0 Å². The van der Waals surface area contributed by atoms with Crippen molar-refractivity contribution in [3.63, 3.8) is 0 Å². The maximum absolute atomic E-state index is 5.43. The van der Waals surface area contributed by atoms with Crippen LogP contribution < -0.4 is 5.73 Å². The number of nitrogens with zero attached hydrogens (tertiary/aromatic N) is 3. The van der Waals surface area contributed by atoms with Crippen molar-refractivity contribution in [2.24, 2.45) is 0 Å². The molecule has 0 bridgehead atoms. The average Bonchev–Trinajstić information content (AvgIpc) is 2.21. The van der Waals surface area contributed by atoms with Crippen molar-refractivity contribution in [1.82, 2.24) is 19.8 Å². The van der Waals surface area contributed by atoms with Crippen LogP contribution in [0, 0.1) is 6.92 Å². The third-order valence-corrected chi connectivity index (χ3v) is 1.26. The second-order valence-corrected chi connectivity index (χ2v) is 2.14. The third kappa shape index (κ3) is 0.570.